The number of nitrogen functional groups attached to an aromatic ring is 1. The molecule has 0 spiro atoms. The van der Waals surface area contributed by atoms with Gasteiger partial charge in [-0.05, 0) is 63.6 Å². The van der Waals surface area contributed by atoms with E-state index in [1.54, 1.807) is 35.7 Å². The molecule has 4 N–H and O–H groups in total. The highest BCUT2D eigenvalue weighted by atomic mass is 32.2. The van der Waals surface area contributed by atoms with E-state index in [-0.39, 0.29) is 10.8 Å². The minimum absolute atomic E-state index is 0.173. The summed E-state index contributed by atoms with van der Waals surface area (Å²) in [6.07, 6.45) is 4.77. The number of anilines is 1. The maximum absolute atomic E-state index is 13.2. The molecule has 0 amide bonds. The van der Waals surface area contributed by atoms with Crippen molar-refractivity contribution >= 4 is 21.7 Å². The fourth-order valence-electron chi connectivity index (χ4n) is 4.84. The Morgan fingerprint density at radius 1 is 1.13 bits per heavy atom. The van der Waals surface area contributed by atoms with Crippen molar-refractivity contribution in [2.75, 3.05) is 5.73 Å². The smallest absolute Gasteiger partial charge is 0.241 e. The van der Waals surface area contributed by atoms with Gasteiger partial charge in [0.15, 0.2) is 0 Å². The Kier molecular flexibility index (Phi) is 4.03. The molecular formula is C20H24N6O3S. The highest BCUT2D eigenvalue weighted by Crippen LogP contribution is 2.51. The lowest BCUT2D eigenvalue weighted by Gasteiger charge is -2.27. The first-order valence-corrected chi connectivity index (χ1v) is 11.4. The second-order valence-electron chi connectivity index (χ2n) is 8.69. The molecule has 2 heterocycles. The molecule has 10 heteroatoms. The third-order valence-electron chi connectivity index (χ3n) is 6.42. The van der Waals surface area contributed by atoms with E-state index < -0.39 is 21.2 Å². The van der Waals surface area contributed by atoms with Gasteiger partial charge in [-0.3, -0.25) is 4.40 Å². The Morgan fingerprint density at radius 2 is 1.87 bits per heavy atom. The van der Waals surface area contributed by atoms with Crippen LogP contribution in [0.25, 0.3) is 17.0 Å². The largest absolute Gasteiger partial charge is 0.390 e. The number of aromatic nitrogens is 4. The van der Waals surface area contributed by atoms with E-state index in [4.69, 9.17) is 5.73 Å². The van der Waals surface area contributed by atoms with Crippen molar-refractivity contribution in [1.29, 1.82) is 0 Å². The van der Waals surface area contributed by atoms with Crippen molar-refractivity contribution in [3.05, 3.63) is 35.8 Å². The molecule has 0 saturated heterocycles. The number of hydrogen-bond donors (Lipinski definition) is 3. The lowest BCUT2D eigenvalue weighted by Crippen LogP contribution is -2.44. The molecule has 2 aliphatic carbocycles. The van der Waals surface area contributed by atoms with Gasteiger partial charge in [0, 0.05) is 17.3 Å². The summed E-state index contributed by atoms with van der Waals surface area (Å²) >= 11 is 0. The lowest BCUT2D eigenvalue weighted by molar-refractivity contribution is 0.0521. The Bertz CT molecular complexity index is 1280. The first-order valence-electron chi connectivity index (χ1n) is 9.95. The van der Waals surface area contributed by atoms with E-state index in [0.717, 1.165) is 5.56 Å². The fourth-order valence-corrected chi connectivity index (χ4v) is 6.33. The Balaban J connectivity index is 1.53. The van der Waals surface area contributed by atoms with Crippen molar-refractivity contribution < 1.29 is 13.5 Å². The number of aliphatic hydroxyl groups is 1. The van der Waals surface area contributed by atoms with Gasteiger partial charge in [0.25, 0.3) is 0 Å². The van der Waals surface area contributed by atoms with Gasteiger partial charge >= 0.3 is 0 Å². The van der Waals surface area contributed by atoms with Gasteiger partial charge in [-0.1, -0.05) is 6.07 Å². The Labute approximate surface area is 174 Å². The number of benzene rings is 1. The minimum atomic E-state index is -3.75. The van der Waals surface area contributed by atoms with Crippen LogP contribution >= 0.6 is 0 Å². The van der Waals surface area contributed by atoms with Crippen LogP contribution in [0.3, 0.4) is 0 Å². The predicted octanol–water partition coefficient (Wildman–Crippen LogP) is 1.72. The number of nitrogens with zero attached hydrogens (tertiary/aromatic N) is 4. The number of nitrogens with one attached hydrogen (secondary N) is 1. The molecule has 30 heavy (non-hydrogen) atoms. The molecule has 0 unspecified atom stereocenters. The zero-order chi connectivity index (χ0) is 21.3. The van der Waals surface area contributed by atoms with Crippen LogP contribution in [0.15, 0.2) is 29.3 Å². The van der Waals surface area contributed by atoms with E-state index in [2.05, 4.69) is 19.7 Å². The number of nitrogens with two attached hydrogens (primary N) is 1. The Hall–Kier alpha value is -2.56. The molecule has 2 fully saturated rings. The molecule has 2 aromatic heterocycles. The number of imidazole rings is 1. The van der Waals surface area contributed by atoms with Crippen molar-refractivity contribution in [3.8, 4) is 11.3 Å². The number of rotatable bonds is 4. The quantitative estimate of drug-likeness (QED) is 0.576. The molecule has 3 aromatic rings. The Morgan fingerprint density at radius 3 is 2.53 bits per heavy atom. The number of sulfonamides is 1. The van der Waals surface area contributed by atoms with E-state index in [0.29, 0.717) is 55.0 Å². The fraction of sp³-hybridized carbons (Fsp3) is 0.450. The molecular weight excluding hydrogens is 404 g/mol. The van der Waals surface area contributed by atoms with Crippen LogP contribution in [0.2, 0.25) is 0 Å². The summed E-state index contributed by atoms with van der Waals surface area (Å²) in [6, 6.07) is 5.00. The molecule has 2 saturated carbocycles. The van der Waals surface area contributed by atoms with Crippen LogP contribution in [-0.4, -0.2) is 44.0 Å². The first kappa shape index (κ1) is 19.4. The molecule has 9 nitrogen and oxygen atoms in total. The molecule has 0 aliphatic heterocycles. The summed E-state index contributed by atoms with van der Waals surface area (Å²) in [5.74, 6) is 1.20. The highest BCUT2D eigenvalue weighted by molar-refractivity contribution is 7.89. The number of hydrogen-bond acceptors (Lipinski definition) is 7. The van der Waals surface area contributed by atoms with Crippen LogP contribution in [0, 0.1) is 13.8 Å². The third-order valence-corrected chi connectivity index (χ3v) is 8.00. The summed E-state index contributed by atoms with van der Waals surface area (Å²) in [4.78, 5) is 13.1. The molecule has 0 atom stereocenters. The summed E-state index contributed by atoms with van der Waals surface area (Å²) < 4.78 is 30.8. The van der Waals surface area contributed by atoms with Crippen molar-refractivity contribution in [2.45, 2.75) is 62.0 Å². The monoisotopic (exact) mass is 428 g/mol. The van der Waals surface area contributed by atoms with Gasteiger partial charge in [-0.2, -0.15) is 9.97 Å². The van der Waals surface area contributed by atoms with E-state index >= 15 is 0 Å². The topological polar surface area (TPSA) is 136 Å². The van der Waals surface area contributed by atoms with Crippen molar-refractivity contribution in [2.24, 2.45) is 0 Å². The van der Waals surface area contributed by atoms with Gasteiger partial charge in [0.2, 0.25) is 21.7 Å². The molecule has 2 bridgehead atoms. The first-order chi connectivity index (χ1) is 14.1. The van der Waals surface area contributed by atoms with Crippen molar-refractivity contribution in [1.82, 2.24) is 24.1 Å². The molecule has 1 aromatic carbocycles. The van der Waals surface area contributed by atoms with E-state index in [1.807, 2.05) is 6.92 Å². The van der Waals surface area contributed by atoms with Gasteiger partial charge < -0.3 is 10.8 Å². The SMILES string of the molecule is Cc1nc(N)n2cc(-c3cc(S(=O)(=O)NC45CCC(O)(CC4)C5)ccc3C)nc2n1. The predicted molar refractivity (Wildman–Crippen MR) is 111 cm³/mol. The van der Waals surface area contributed by atoms with Gasteiger partial charge in [0.1, 0.15) is 5.82 Å². The second kappa shape index (κ2) is 6.22. The molecule has 5 rings (SSSR count). The number of aryl methyl sites for hydroxylation is 2. The van der Waals surface area contributed by atoms with Crippen LogP contribution in [0.4, 0.5) is 5.95 Å². The van der Waals surface area contributed by atoms with Crippen LogP contribution in [0.5, 0.6) is 0 Å². The summed E-state index contributed by atoms with van der Waals surface area (Å²) in [5, 5.41) is 10.4. The summed E-state index contributed by atoms with van der Waals surface area (Å²) in [7, 11) is -3.75. The average molecular weight is 429 g/mol. The third kappa shape index (κ3) is 3.06. The average Bonchev–Trinajstić information content (AvgIpc) is 3.31. The number of fused-ring (bicyclic) bond motifs is 3. The normalized spacial score (nSPS) is 26.0. The van der Waals surface area contributed by atoms with E-state index in [9.17, 15) is 13.5 Å². The van der Waals surface area contributed by atoms with Gasteiger partial charge in [0.05, 0.1) is 16.2 Å². The maximum atomic E-state index is 13.2. The van der Waals surface area contributed by atoms with E-state index in [1.165, 1.54) is 0 Å². The van der Waals surface area contributed by atoms with Gasteiger partial charge in [-0.25, -0.2) is 18.1 Å². The van der Waals surface area contributed by atoms with Crippen LogP contribution in [-0.2, 0) is 10.0 Å². The zero-order valence-electron chi connectivity index (χ0n) is 16.9. The molecule has 158 valence electrons. The van der Waals surface area contributed by atoms with Crippen LogP contribution < -0.4 is 10.5 Å². The van der Waals surface area contributed by atoms with Crippen LogP contribution in [0.1, 0.15) is 43.5 Å². The maximum Gasteiger partial charge on any atom is 0.241 e. The summed E-state index contributed by atoms with van der Waals surface area (Å²) in [6.45, 7) is 3.64. The summed E-state index contributed by atoms with van der Waals surface area (Å²) in [5.41, 5.74) is 6.84. The lowest BCUT2D eigenvalue weighted by atomic mass is 9.94. The highest BCUT2D eigenvalue weighted by Gasteiger charge is 2.55. The zero-order valence-corrected chi connectivity index (χ0v) is 17.7. The standard InChI is InChI=1S/C20H24N6O3S/c1-12-3-4-14(30(28,29)25-19-5-7-20(27,11-19)8-6-19)9-15(12)16-10-26-17(21)22-13(2)23-18(26)24-16/h3-4,9-10,25,27H,5-8,11H2,1-2H3,(H2,21,22,23,24). The van der Waals surface area contributed by atoms with Crippen molar-refractivity contribution in [3.63, 3.8) is 0 Å². The second-order valence-corrected chi connectivity index (χ2v) is 10.4. The molecule has 0 radical (unpaired) electrons. The molecule has 2 aliphatic rings. The van der Waals surface area contributed by atoms with Gasteiger partial charge in [-0.15, -0.1) is 0 Å². The minimum Gasteiger partial charge on any atom is -0.390 e.